The first kappa shape index (κ1) is 13.3. The molecule has 0 aliphatic heterocycles. The zero-order chi connectivity index (χ0) is 13.0. The molecule has 1 aromatic carbocycles. The van der Waals surface area contributed by atoms with Gasteiger partial charge in [-0.15, -0.1) is 0 Å². The number of benzene rings is 1. The lowest BCUT2D eigenvalue weighted by atomic mass is 10.1. The molecule has 0 saturated carbocycles. The predicted octanol–water partition coefficient (Wildman–Crippen LogP) is 1.62. The number of methoxy groups -OCH3 is 2. The summed E-state index contributed by atoms with van der Waals surface area (Å²) in [6.45, 7) is 0. The maximum absolute atomic E-state index is 13.6. The van der Waals surface area contributed by atoms with E-state index < -0.39 is 0 Å². The fourth-order valence-corrected chi connectivity index (χ4v) is 1.60. The Bertz CT molecular complexity index is 418. The number of rotatable bonds is 4. The van der Waals surface area contributed by atoms with Crippen LogP contribution in [-0.2, 0) is 16.0 Å². The molecule has 0 aromatic heterocycles. The fraction of sp³-hybridized carbons (Fsp3) is 0.417. The Hall–Kier alpha value is -1.78. The second kappa shape index (κ2) is 5.52. The van der Waals surface area contributed by atoms with Crippen LogP contribution in [-0.4, -0.2) is 34.3 Å². The van der Waals surface area contributed by atoms with Crippen LogP contribution in [0, 0.1) is 5.82 Å². The van der Waals surface area contributed by atoms with Gasteiger partial charge in [-0.3, -0.25) is 4.79 Å². The van der Waals surface area contributed by atoms with Crippen molar-refractivity contribution in [1.29, 1.82) is 0 Å². The Morgan fingerprint density at radius 3 is 2.47 bits per heavy atom. The summed E-state index contributed by atoms with van der Waals surface area (Å²) in [7, 11) is 6.18. The van der Waals surface area contributed by atoms with Crippen LogP contribution in [0.4, 0.5) is 10.1 Å². The van der Waals surface area contributed by atoms with Crippen LogP contribution in [0.1, 0.15) is 5.56 Å². The van der Waals surface area contributed by atoms with Crippen LogP contribution in [0.3, 0.4) is 0 Å². The van der Waals surface area contributed by atoms with Crippen molar-refractivity contribution in [3.8, 4) is 5.75 Å². The van der Waals surface area contributed by atoms with Gasteiger partial charge in [0.25, 0.3) is 0 Å². The summed E-state index contributed by atoms with van der Waals surface area (Å²) in [6, 6.07) is 2.84. The molecule has 0 radical (unpaired) electrons. The normalized spacial score (nSPS) is 9.94. The molecule has 0 N–H and O–H groups in total. The highest BCUT2D eigenvalue weighted by molar-refractivity contribution is 5.75. The highest BCUT2D eigenvalue weighted by Gasteiger charge is 2.18. The molecule has 94 valence electrons. The minimum absolute atomic E-state index is 0.0563. The summed E-state index contributed by atoms with van der Waals surface area (Å²) in [5.74, 6) is -0.416. The molecule has 0 fully saturated rings. The Balaban J connectivity index is 3.23. The zero-order valence-corrected chi connectivity index (χ0v) is 10.4. The van der Waals surface area contributed by atoms with Crippen molar-refractivity contribution in [2.75, 3.05) is 33.2 Å². The number of ether oxygens (including phenoxy) is 2. The van der Waals surface area contributed by atoms with Gasteiger partial charge in [0.05, 0.1) is 20.6 Å². The van der Waals surface area contributed by atoms with Crippen molar-refractivity contribution < 1.29 is 18.7 Å². The molecule has 0 bridgehead atoms. The molecule has 1 aromatic rings. The minimum atomic E-state index is -0.389. The standard InChI is InChI=1S/C12H16FNO3/c1-14(2)11-9(13)6-5-8(12(11)17-4)7-10(15)16-3/h5-6H,7H2,1-4H3. The highest BCUT2D eigenvalue weighted by atomic mass is 19.1. The van der Waals surface area contributed by atoms with Gasteiger partial charge in [-0.05, 0) is 6.07 Å². The molecule has 0 aliphatic rings. The van der Waals surface area contributed by atoms with Crippen molar-refractivity contribution in [1.82, 2.24) is 0 Å². The van der Waals surface area contributed by atoms with Gasteiger partial charge < -0.3 is 14.4 Å². The maximum Gasteiger partial charge on any atom is 0.310 e. The van der Waals surface area contributed by atoms with Gasteiger partial charge in [0.15, 0.2) is 0 Å². The molecule has 0 amide bonds. The zero-order valence-electron chi connectivity index (χ0n) is 10.4. The number of anilines is 1. The van der Waals surface area contributed by atoms with E-state index in [4.69, 9.17) is 4.74 Å². The summed E-state index contributed by atoms with van der Waals surface area (Å²) in [5.41, 5.74) is 0.929. The third-order valence-corrected chi connectivity index (χ3v) is 2.38. The van der Waals surface area contributed by atoms with Crippen LogP contribution in [0.25, 0.3) is 0 Å². The molecule has 0 spiro atoms. The molecule has 0 atom stereocenters. The Kier molecular flexibility index (Phi) is 4.31. The average Bonchev–Trinajstić information content (AvgIpc) is 2.30. The van der Waals surface area contributed by atoms with Crippen LogP contribution in [0.2, 0.25) is 0 Å². The van der Waals surface area contributed by atoms with Crippen molar-refractivity contribution in [2.24, 2.45) is 0 Å². The van der Waals surface area contributed by atoms with Gasteiger partial charge in [0.1, 0.15) is 17.3 Å². The number of esters is 1. The second-order valence-electron chi connectivity index (χ2n) is 3.74. The molecule has 0 aliphatic carbocycles. The summed E-state index contributed by atoms with van der Waals surface area (Å²) < 4.78 is 23.4. The molecule has 4 nitrogen and oxygen atoms in total. The highest BCUT2D eigenvalue weighted by Crippen LogP contribution is 2.33. The molecule has 5 heteroatoms. The number of carbonyl (C=O) groups is 1. The van der Waals surface area contributed by atoms with E-state index in [1.54, 1.807) is 19.0 Å². The molecule has 1 rings (SSSR count). The lowest BCUT2D eigenvalue weighted by Crippen LogP contribution is -2.14. The van der Waals surface area contributed by atoms with E-state index in [0.29, 0.717) is 17.0 Å². The van der Waals surface area contributed by atoms with Crippen molar-refractivity contribution in [3.63, 3.8) is 0 Å². The van der Waals surface area contributed by atoms with Crippen molar-refractivity contribution in [3.05, 3.63) is 23.5 Å². The van der Waals surface area contributed by atoms with E-state index in [2.05, 4.69) is 4.74 Å². The summed E-state index contributed by atoms with van der Waals surface area (Å²) in [6.07, 6.45) is 0.0563. The predicted molar refractivity (Wildman–Crippen MR) is 63.0 cm³/mol. The lowest BCUT2D eigenvalue weighted by Gasteiger charge is -2.19. The monoisotopic (exact) mass is 241 g/mol. The Morgan fingerprint density at radius 1 is 1.35 bits per heavy atom. The fourth-order valence-electron chi connectivity index (χ4n) is 1.60. The van der Waals surface area contributed by atoms with Crippen LogP contribution < -0.4 is 9.64 Å². The average molecular weight is 241 g/mol. The Labute approximate surface area is 99.9 Å². The molecule has 0 saturated heterocycles. The van der Waals surface area contributed by atoms with Gasteiger partial charge in [0.2, 0.25) is 0 Å². The third kappa shape index (κ3) is 2.87. The van der Waals surface area contributed by atoms with Gasteiger partial charge >= 0.3 is 5.97 Å². The smallest absolute Gasteiger partial charge is 0.310 e. The lowest BCUT2D eigenvalue weighted by molar-refractivity contribution is -0.139. The largest absolute Gasteiger partial charge is 0.494 e. The van der Waals surface area contributed by atoms with Crippen molar-refractivity contribution >= 4 is 11.7 Å². The second-order valence-corrected chi connectivity index (χ2v) is 3.74. The number of carbonyl (C=O) groups excluding carboxylic acids is 1. The molecule has 17 heavy (non-hydrogen) atoms. The molecular formula is C12H16FNO3. The first-order valence-corrected chi connectivity index (χ1v) is 5.10. The van der Waals surface area contributed by atoms with Crippen LogP contribution >= 0.6 is 0 Å². The van der Waals surface area contributed by atoms with Gasteiger partial charge in [-0.1, -0.05) is 6.07 Å². The summed E-state index contributed by atoms with van der Waals surface area (Å²) in [4.78, 5) is 12.8. The Morgan fingerprint density at radius 2 is 2.00 bits per heavy atom. The van der Waals surface area contributed by atoms with Crippen molar-refractivity contribution in [2.45, 2.75) is 6.42 Å². The number of hydrogen-bond acceptors (Lipinski definition) is 4. The topological polar surface area (TPSA) is 38.8 Å². The van der Waals surface area contributed by atoms with Gasteiger partial charge in [0, 0.05) is 19.7 Å². The summed E-state index contributed by atoms with van der Waals surface area (Å²) >= 11 is 0. The molecule has 0 unspecified atom stereocenters. The first-order chi connectivity index (χ1) is 8.01. The van der Waals surface area contributed by atoms with E-state index >= 15 is 0 Å². The number of nitrogens with zero attached hydrogens (tertiary/aromatic N) is 1. The van der Waals surface area contributed by atoms with E-state index in [1.807, 2.05) is 0 Å². The molecular weight excluding hydrogens is 225 g/mol. The quantitative estimate of drug-likeness (QED) is 0.751. The van der Waals surface area contributed by atoms with Gasteiger partial charge in [-0.25, -0.2) is 4.39 Å². The summed E-state index contributed by atoms with van der Waals surface area (Å²) in [5, 5.41) is 0. The van der Waals surface area contributed by atoms with E-state index in [-0.39, 0.29) is 18.2 Å². The van der Waals surface area contributed by atoms with E-state index in [1.165, 1.54) is 26.4 Å². The SMILES string of the molecule is COC(=O)Cc1ccc(F)c(N(C)C)c1OC. The van der Waals surface area contributed by atoms with Crippen LogP contribution in [0.5, 0.6) is 5.75 Å². The maximum atomic E-state index is 13.6. The van der Waals surface area contributed by atoms with Gasteiger partial charge in [-0.2, -0.15) is 0 Å². The van der Waals surface area contributed by atoms with E-state index in [9.17, 15) is 9.18 Å². The van der Waals surface area contributed by atoms with E-state index in [0.717, 1.165) is 0 Å². The third-order valence-electron chi connectivity index (χ3n) is 2.38. The number of halogens is 1. The molecule has 0 heterocycles. The minimum Gasteiger partial charge on any atom is -0.494 e. The number of hydrogen-bond donors (Lipinski definition) is 0. The first-order valence-electron chi connectivity index (χ1n) is 5.10. The van der Waals surface area contributed by atoms with Crippen LogP contribution in [0.15, 0.2) is 12.1 Å².